The number of thiophene rings is 1. The Hall–Kier alpha value is -1.22. The maximum Gasteiger partial charge on any atom is 0.260 e. The van der Waals surface area contributed by atoms with Crippen molar-refractivity contribution in [2.45, 2.75) is 10.9 Å². The zero-order chi connectivity index (χ0) is 15.0. The molecule has 8 heteroatoms. The van der Waals surface area contributed by atoms with E-state index in [1.807, 2.05) is 16.8 Å². The third kappa shape index (κ3) is 2.52. The number of sulfonamides is 1. The summed E-state index contributed by atoms with van der Waals surface area (Å²) in [4.78, 5) is 0. The summed E-state index contributed by atoms with van der Waals surface area (Å²) in [7, 11) is -1.95. The predicted molar refractivity (Wildman–Crippen MR) is 79.6 cm³/mol. The molecule has 1 aliphatic rings. The van der Waals surface area contributed by atoms with E-state index in [0.717, 1.165) is 5.56 Å². The minimum absolute atomic E-state index is 0.0160. The first-order valence-corrected chi connectivity index (χ1v) is 9.03. The first-order valence-electron chi connectivity index (χ1n) is 6.65. The Morgan fingerprint density at radius 3 is 2.81 bits per heavy atom. The molecular weight excluding hydrogens is 310 g/mol. The molecule has 21 heavy (non-hydrogen) atoms. The molecule has 0 bridgehead atoms. The van der Waals surface area contributed by atoms with Gasteiger partial charge in [0.25, 0.3) is 10.0 Å². The van der Waals surface area contributed by atoms with E-state index in [-0.39, 0.29) is 23.5 Å². The quantitative estimate of drug-likeness (QED) is 0.904. The molecule has 2 aromatic rings. The summed E-state index contributed by atoms with van der Waals surface area (Å²) >= 11 is 1.58. The number of hydrogen-bond acceptors (Lipinski definition) is 5. The van der Waals surface area contributed by atoms with Crippen LogP contribution in [0.25, 0.3) is 0 Å². The van der Waals surface area contributed by atoms with Gasteiger partial charge in [0.15, 0.2) is 5.03 Å². The molecule has 3 rings (SSSR count). The highest BCUT2D eigenvalue weighted by molar-refractivity contribution is 7.89. The first-order chi connectivity index (χ1) is 10.0. The lowest BCUT2D eigenvalue weighted by atomic mass is 9.92. The summed E-state index contributed by atoms with van der Waals surface area (Å²) in [6, 6.07) is 3.50. The van der Waals surface area contributed by atoms with Gasteiger partial charge >= 0.3 is 0 Å². The maximum absolute atomic E-state index is 12.7. The molecule has 1 saturated heterocycles. The number of nitrogens with zero attached hydrogens (tertiary/aromatic N) is 3. The van der Waals surface area contributed by atoms with Crippen molar-refractivity contribution < 1.29 is 13.5 Å². The molecule has 114 valence electrons. The van der Waals surface area contributed by atoms with Crippen LogP contribution in [-0.4, -0.2) is 47.3 Å². The van der Waals surface area contributed by atoms with Crippen LogP contribution in [0.3, 0.4) is 0 Å². The molecule has 6 nitrogen and oxygen atoms in total. The van der Waals surface area contributed by atoms with Gasteiger partial charge in [-0.1, -0.05) is 0 Å². The second kappa shape index (κ2) is 5.53. The van der Waals surface area contributed by atoms with Crippen LogP contribution in [0.1, 0.15) is 11.5 Å². The molecule has 0 radical (unpaired) electrons. The van der Waals surface area contributed by atoms with Crippen LogP contribution in [0.5, 0.6) is 0 Å². The summed E-state index contributed by atoms with van der Waals surface area (Å²) < 4.78 is 28.2. The predicted octanol–water partition coefficient (Wildman–Crippen LogP) is 0.878. The van der Waals surface area contributed by atoms with Gasteiger partial charge in [0.2, 0.25) is 0 Å². The molecule has 1 N–H and O–H groups in total. The summed E-state index contributed by atoms with van der Waals surface area (Å²) in [6.07, 6.45) is 1.48. The average molecular weight is 327 g/mol. The Kier molecular flexibility index (Phi) is 3.87. The summed E-state index contributed by atoms with van der Waals surface area (Å²) in [5.74, 6) is -0.0214. The summed E-state index contributed by atoms with van der Waals surface area (Å²) in [5, 5.41) is 17.7. The van der Waals surface area contributed by atoms with Gasteiger partial charge in [-0.25, -0.2) is 8.42 Å². The van der Waals surface area contributed by atoms with Gasteiger partial charge in [-0.2, -0.15) is 20.7 Å². The highest BCUT2D eigenvalue weighted by atomic mass is 32.2. The molecule has 0 amide bonds. The van der Waals surface area contributed by atoms with Gasteiger partial charge in [0, 0.05) is 38.6 Å². The molecule has 2 aromatic heterocycles. The number of aryl methyl sites for hydroxylation is 1. The minimum atomic E-state index is -3.57. The smallest absolute Gasteiger partial charge is 0.260 e. The van der Waals surface area contributed by atoms with Crippen molar-refractivity contribution in [3.8, 4) is 0 Å². The van der Waals surface area contributed by atoms with E-state index in [4.69, 9.17) is 0 Å². The average Bonchev–Trinajstić information content (AvgIpc) is 3.17. The third-order valence-electron chi connectivity index (χ3n) is 3.99. The van der Waals surface area contributed by atoms with E-state index in [1.54, 1.807) is 18.4 Å². The molecule has 0 saturated carbocycles. The standard InChI is InChI=1S/C13H17N3O3S2/c1-15-13(2-4-14-15)21(18,19)16-6-11(8-17)12(7-16)10-3-5-20-9-10/h2-5,9,11-12,17H,6-8H2,1H3/t11-,12+/m0/s1. The van der Waals surface area contributed by atoms with Gasteiger partial charge in [-0.05, 0) is 28.5 Å². The van der Waals surface area contributed by atoms with Crippen LogP contribution in [0, 0.1) is 5.92 Å². The van der Waals surface area contributed by atoms with E-state index in [1.165, 1.54) is 21.3 Å². The van der Waals surface area contributed by atoms with E-state index in [9.17, 15) is 13.5 Å². The van der Waals surface area contributed by atoms with Crippen molar-refractivity contribution in [1.29, 1.82) is 0 Å². The molecule has 0 aromatic carbocycles. The number of aromatic nitrogens is 2. The van der Waals surface area contributed by atoms with E-state index in [0.29, 0.717) is 13.1 Å². The van der Waals surface area contributed by atoms with E-state index in [2.05, 4.69) is 5.10 Å². The largest absolute Gasteiger partial charge is 0.396 e. The molecule has 1 fully saturated rings. The summed E-state index contributed by atoms with van der Waals surface area (Å²) in [6.45, 7) is 0.720. The highest BCUT2D eigenvalue weighted by Gasteiger charge is 2.40. The second-order valence-corrected chi connectivity index (χ2v) is 7.89. The molecule has 1 aliphatic heterocycles. The monoisotopic (exact) mass is 327 g/mol. The normalized spacial score (nSPS) is 23.7. The number of aliphatic hydroxyl groups excluding tert-OH is 1. The molecule has 0 spiro atoms. The van der Waals surface area contributed by atoms with Crippen LogP contribution in [0.15, 0.2) is 34.1 Å². The molecular formula is C13H17N3O3S2. The van der Waals surface area contributed by atoms with Gasteiger partial charge in [-0.3, -0.25) is 4.68 Å². The van der Waals surface area contributed by atoms with Crippen LogP contribution in [0.4, 0.5) is 0 Å². The van der Waals surface area contributed by atoms with Crippen LogP contribution >= 0.6 is 11.3 Å². The lowest BCUT2D eigenvalue weighted by molar-refractivity contribution is 0.223. The first kappa shape index (κ1) is 14.7. The molecule has 3 heterocycles. The molecule has 0 aliphatic carbocycles. The minimum Gasteiger partial charge on any atom is -0.396 e. The Balaban J connectivity index is 1.90. The second-order valence-electron chi connectivity index (χ2n) is 5.22. The Morgan fingerprint density at radius 2 is 2.24 bits per heavy atom. The van der Waals surface area contributed by atoms with Crippen molar-refractivity contribution in [1.82, 2.24) is 14.1 Å². The molecule has 0 unspecified atom stereocenters. The maximum atomic E-state index is 12.7. The van der Waals surface area contributed by atoms with Crippen molar-refractivity contribution in [2.75, 3.05) is 19.7 Å². The van der Waals surface area contributed by atoms with Gasteiger partial charge in [0.1, 0.15) is 0 Å². The number of rotatable bonds is 4. The van der Waals surface area contributed by atoms with E-state index < -0.39 is 10.0 Å². The van der Waals surface area contributed by atoms with Crippen molar-refractivity contribution in [3.63, 3.8) is 0 Å². The fraction of sp³-hybridized carbons (Fsp3) is 0.462. The van der Waals surface area contributed by atoms with Crippen molar-refractivity contribution in [2.24, 2.45) is 13.0 Å². The Bertz CT molecular complexity index is 709. The lowest BCUT2D eigenvalue weighted by Crippen LogP contribution is -2.30. The third-order valence-corrected chi connectivity index (χ3v) is 6.60. The number of aliphatic hydroxyl groups is 1. The topological polar surface area (TPSA) is 75.4 Å². The Labute approximate surface area is 127 Å². The SMILES string of the molecule is Cn1nccc1S(=O)(=O)N1C[C@@H](CO)[C@@H](c2ccsc2)C1. The van der Waals surface area contributed by atoms with Gasteiger partial charge < -0.3 is 5.11 Å². The highest BCUT2D eigenvalue weighted by Crippen LogP contribution is 2.36. The van der Waals surface area contributed by atoms with E-state index >= 15 is 0 Å². The van der Waals surface area contributed by atoms with Crippen molar-refractivity contribution in [3.05, 3.63) is 34.7 Å². The fourth-order valence-corrected chi connectivity index (χ4v) is 5.17. The van der Waals surface area contributed by atoms with Crippen molar-refractivity contribution >= 4 is 21.4 Å². The Morgan fingerprint density at radius 1 is 1.43 bits per heavy atom. The van der Waals surface area contributed by atoms with Gasteiger partial charge in [-0.15, -0.1) is 0 Å². The number of hydrogen-bond donors (Lipinski definition) is 1. The summed E-state index contributed by atoms with van der Waals surface area (Å²) in [5.41, 5.74) is 1.10. The molecule has 2 atom stereocenters. The lowest BCUT2D eigenvalue weighted by Gasteiger charge is -2.16. The van der Waals surface area contributed by atoms with Crippen LogP contribution < -0.4 is 0 Å². The van der Waals surface area contributed by atoms with Gasteiger partial charge in [0.05, 0.1) is 6.20 Å². The zero-order valence-corrected chi connectivity index (χ0v) is 13.2. The van der Waals surface area contributed by atoms with Crippen LogP contribution in [0.2, 0.25) is 0 Å². The van der Waals surface area contributed by atoms with Crippen LogP contribution in [-0.2, 0) is 17.1 Å². The fourth-order valence-electron chi connectivity index (χ4n) is 2.82. The zero-order valence-electron chi connectivity index (χ0n) is 11.6.